The van der Waals surface area contributed by atoms with Crippen LogP contribution >= 0.6 is 0 Å². The van der Waals surface area contributed by atoms with E-state index < -0.39 is 50.3 Å². The van der Waals surface area contributed by atoms with Crippen molar-refractivity contribution >= 4 is 27.5 Å². The van der Waals surface area contributed by atoms with E-state index in [1.54, 1.807) is 6.92 Å². The molecule has 2 aliphatic rings. The number of imide groups is 1. The predicted octanol–water partition coefficient (Wildman–Crippen LogP) is 0.995. The Bertz CT molecular complexity index is 1090. The topological polar surface area (TPSA) is 120 Å². The molecule has 0 saturated carbocycles. The average Bonchev–Trinajstić information content (AvgIpc) is 3.22. The molecule has 32 heavy (non-hydrogen) atoms. The highest BCUT2D eigenvalue weighted by Crippen LogP contribution is 2.28. The molecule has 1 aromatic carbocycles. The van der Waals surface area contributed by atoms with E-state index in [0.29, 0.717) is 25.1 Å². The molecule has 2 aliphatic heterocycles. The van der Waals surface area contributed by atoms with Crippen LogP contribution in [-0.2, 0) is 14.8 Å². The number of anilines is 1. The first-order chi connectivity index (χ1) is 15.1. The van der Waals surface area contributed by atoms with Crippen LogP contribution in [0.1, 0.15) is 30.1 Å². The Kier molecular flexibility index (Phi) is 6.96. The van der Waals surface area contributed by atoms with E-state index in [1.807, 2.05) is 28.1 Å². The quantitative estimate of drug-likeness (QED) is 0.347. The van der Waals surface area contributed by atoms with Crippen LogP contribution in [0.4, 0.5) is 14.5 Å². The maximum atomic E-state index is 14.9. The minimum atomic E-state index is -3.88. The lowest BCUT2D eigenvalue weighted by atomic mass is 9.85. The van der Waals surface area contributed by atoms with Gasteiger partial charge in [-0.1, -0.05) is 13.0 Å². The van der Waals surface area contributed by atoms with Crippen LogP contribution in [0.25, 0.3) is 0 Å². The Morgan fingerprint density at radius 2 is 2.03 bits per heavy atom. The zero-order valence-corrected chi connectivity index (χ0v) is 18.5. The molecule has 12 heteroatoms. The molecule has 2 amide bonds. The number of nitrogens with zero attached hydrogens (tertiary/aromatic N) is 1. The largest absolute Gasteiger partial charge is 0.327 e. The number of benzene rings is 1. The van der Waals surface area contributed by atoms with Gasteiger partial charge < -0.3 is 10.3 Å². The lowest BCUT2D eigenvalue weighted by Crippen LogP contribution is -2.59. The molecule has 0 saturated heterocycles. The van der Waals surface area contributed by atoms with Crippen molar-refractivity contribution in [2.75, 3.05) is 30.6 Å². The number of likely N-dealkylation sites (N-methyl/N-ethyl adjacent to an activating group) is 1. The van der Waals surface area contributed by atoms with Crippen LogP contribution in [-0.4, -0.2) is 56.6 Å². The third-order valence-corrected chi connectivity index (χ3v) is 6.72. The van der Waals surface area contributed by atoms with Gasteiger partial charge in [0.1, 0.15) is 11.4 Å². The molecule has 0 fully saturated rings. The number of hydrogen-bond acceptors (Lipinski definition) is 7. The van der Waals surface area contributed by atoms with Crippen LogP contribution in [0, 0.1) is 11.6 Å². The molecular formula is C20H25F2N5O4S. The SMILES string of the molecule is CCCS(=O)(=O)Nc1ccc(F)c(C(=O)NC(=O)C2(C3=CCN(C)CC3)C=CNN2)c1F. The van der Waals surface area contributed by atoms with Crippen LogP contribution in [0.2, 0.25) is 0 Å². The molecule has 0 bridgehead atoms. The lowest BCUT2D eigenvalue weighted by Gasteiger charge is -2.33. The first-order valence-electron chi connectivity index (χ1n) is 10.0. The van der Waals surface area contributed by atoms with Crippen LogP contribution in [0.3, 0.4) is 0 Å². The van der Waals surface area contributed by atoms with Crippen molar-refractivity contribution in [1.82, 2.24) is 21.1 Å². The summed E-state index contributed by atoms with van der Waals surface area (Å²) in [5, 5.41) is 2.04. The van der Waals surface area contributed by atoms with Gasteiger partial charge in [-0.2, -0.15) is 0 Å². The van der Waals surface area contributed by atoms with Crippen molar-refractivity contribution in [1.29, 1.82) is 0 Å². The molecule has 4 N–H and O–H groups in total. The Morgan fingerprint density at radius 1 is 1.28 bits per heavy atom. The van der Waals surface area contributed by atoms with Gasteiger partial charge in [0, 0.05) is 19.3 Å². The Balaban J connectivity index is 1.87. The van der Waals surface area contributed by atoms with Gasteiger partial charge in [-0.25, -0.2) is 22.6 Å². The van der Waals surface area contributed by atoms with E-state index in [0.717, 1.165) is 12.1 Å². The first kappa shape index (κ1) is 23.8. The van der Waals surface area contributed by atoms with Crippen LogP contribution < -0.4 is 20.9 Å². The van der Waals surface area contributed by atoms with Gasteiger partial charge in [0.15, 0.2) is 11.4 Å². The number of halogens is 2. The van der Waals surface area contributed by atoms with Gasteiger partial charge in [0.05, 0.1) is 11.4 Å². The maximum absolute atomic E-state index is 14.9. The molecule has 2 heterocycles. The molecule has 174 valence electrons. The van der Waals surface area contributed by atoms with E-state index >= 15 is 0 Å². The predicted molar refractivity (Wildman–Crippen MR) is 115 cm³/mol. The summed E-state index contributed by atoms with van der Waals surface area (Å²) in [5.41, 5.74) is 3.17. The van der Waals surface area contributed by atoms with E-state index in [2.05, 4.69) is 10.9 Å². The Labute approximate surface area is 184 Å². The van der Waals surface area contributed by atoms with Gasteiger partial charge in [-0.15, -0.1) is 0 Å². The van der Waals surface area contributed by atoms with Crippen molar-refractivity contribution in [3.05, 3.63) is 53.3 Å². The summed E-state index contributed by atoms with van der Waals surface area (Å²) in [7, 11) is -1.95. The fraction of sp³-hybridized carbons (Fsp3) is 0.400. The highest BCUT2D eigenvalue weighted by atomic mass is 32.2. The molecule has 1 atom stereocenters. The molecule has 0 radical (unpaired) electrons. The highest BCUT2D eigenvalue weighted by Gasteiger charge is 2.43. The summed E-state index contributed by atoms with van der Waals surface area (Å²) >= 11 is 0. The summed E-state index contributed by atoms with van der Waals surface area (Å²) in [4.78, 5) is 27.8. The number of carbonyl (C=O) groups excluding carboxylic acids is 2. The van der Waals surface area contributed by atoms with Gasteiger partial charge in [0.2, 0.25) is 10.0 Å². The summed E-state index contributed by atoms with van der Waals surface area (Å²) < 4.78 is 55.1. The van der Waals surface area contributed by atoms with Gasteiger partial charge >= 0.3 is 0 Å². The first-order valence-corrected chi connectivity index (χ1v) is 11.7. The van der Waals surface area contributed by atoms with E-state index in [-0.39, 0.29) is 12.2 Å². The molecule has 1 aromatic rings. The van der Waals surface area contributed by atoms with E-state index in [1.165, 1.54) is 12.3 Å². The van der Waals surface area contributed by atoms with Crippen molar-refractivity contribution in [2.45, 2.75) is 25.3 Å². The Morgan fingerprint density at radius 3 is 2.62 bits per heavy atom. The minimum Gasteiger partial charge on any atom is -0.327 e. The molecule has 0 aromatic heterocycles. The number of amides is 2. The van der Waals surface area contributed by atoms with Crippen molar-refractivity contribution in [3.63, 3.8) is 0 Å². The van der Waals surface area contributed by atoms with Gasteiger partial charge in [0.25, 0.3) is 11.8 Å². The summed E-state index contributed by atoms with van der Waals surface area (Å²) in [6, 6.07) is 1.64. The lowest BCUT2D eigenvalue weighted by molar-refractivity contribution is -0.123. The molecule has 1 unspecified atom stereocenters. The Hall–Kier alpha value is -2.83. The maximum Gasteiger partial charge on any atom is 0.263 e. The summed E-state index contributed by atoms with van der Waals surface area (Å²) in [6.45, 7) is 2.91. The highest BCUT2D eigenvalue weighted by molar-refractivity contribution is 7.92. The number of rotatable bonds is 7. The standard InChI is InChI=1S/C20H25F2N5O4S/c1-3-12-32(30,31)25-15-5-4-14(21)16(17(15)22)18(28)24-19(29)20(8-9-23-26-20)13-6-10-27(2)11-7-13/h4-6,8-9,23,25-26H,3,7,10-12H2,1-2H3,(H,24,28,29). The number of nitrogens with one attached hydrogen (secondary N) is 4. The van der Waals surface area contributed by atoms with Crippen molar-refractivity contribution in [3.8, 4) is 0 Å². The molecule has 0 aliphatic carbocycles. The number of sulfonamides is 1. The normalized spacial score (nSPS) is 21.1. The monoisotopic (exact) mass is 469 g/mol. The number of hydrogen-bond donors (Lipinski definition) is 4. The van der Waals surface area contributed by atoms with Crippen molar-refractivity contribution < 1.29 is 26.8 Å². The van der Waals surface area contributed by atoms with Crippen LogP contribution in [0.15, 0.2) is 36.1 Å². The molecule has 0 spiro atoms. The minimum absolute atomic E-state index is 0.276. The fourth-order valence-corrected chi connectivity index (χ4v) is 4.68. The van der Waals surface area contributed by atoms with Crippen molar-refractivity contribution in [2.24, 2.45) is 0 Å². The molecule has 9 nitrogen and oxygen atoms in total. The molecule has 3 rings (SSSR count). The summed E-state index contributed by atoms with van der Waals surface area (Å²) in [6.07, 6.45) is 5.68. The number of hydrazine groups is 1. The second-order valence-corrected chi connectivity index (χ2v) is 9.48. The molecular weight excluding hydrogens is 444 g/mol. The summed E-state index contributed by atoms with van der Waals surface area (Å²) in [5.74, 6) is -5.06. The average molecular weight is 470 g/mol. The second kappa shape index (κ2) is 9.35. The van der Waals surface area contributed by atoms with Crippen LogP contribution in [0.5, 0.6) is 0 Å². The second-order valence-electron chi connectivity index (χ2n) is 7.64. The smallest absolute Gasteiger partial charge is 0.263 e. The zero-order valence-electron chi connectivity index (χ0n) is 17.7. The third-order valence-electron chi connectivity index (χ3n) is 5.25. The third kappa shape index (κ3) is 4.81. The van der Waals surface area contributed by atoms with E-state index in [9.17, 15) is 26.8 Å². The van der Waals surface area contributed by atoms with Gasteiger partial charge in [-0.05, 0) is 43.7 Å². The van der Waals surface area contributed by atoms with Gasteiger partial charge in [-0.3, -0.25) is 19.6 Å². The fourth-order valence-electron chi connectivity index (χ4n) is 3.55. The zero-order chi connectivity index (χ0) is 23.5. The van der Waals surface area contributed by atoms with E-state index in [4.69, 9.17) is 0 Å². The number of carbonyl (C=O) groups is 2.